The number of carbonyl (C=O) groups is 2. The van der Waals surface area contributed by atoms with Crippen LogP contribution in [0.15, 0.2) is 0 Å². The van der Waals surface area contributed by atoms with Crippen LogP contribution < -0.4 is 10.6 Å². The molecular formula is C20H38N2O3. The van der Waals surface area contributed by atoms with E-state index >= 15 is 0 Å². The zero-order valence-corrected chi connectivity index (χ0v) is 17.0. The fraction of sp³-hybridized carbons (Fsp3) is 0.900. The molecule has 1 saturated carbocycles. The summed E-state index contributed by atoms with van der Waals surface area (Å²) in [6, 6.07) is -0.0387. The maximum Gasteiger partial charge on any atom is 0.315 e. The Kier molecular flexibility index (Phi) is 8.74. The van der Waals surface area contributed by atoms with Crippen LogP contribution in [0.3, 0.4) is 0 Å². The van der Waals surface area contributed by atoms with Gasteiger partial charge in [-0.25, -0.2) is 4.79 Å². The van der Waals surface area contributed by atoms with Gasteiger partial charge in [0.2, 0.25) is 0 Å². The Morgan fingerprint density at radius 1 is 1.08 bits per heavy atom. The Morgan fingerprint density at radius 2 is 1.68 bits per heavy atom. The average molecular weight is 355 g/mol. The Balaban J connectivity index is 2.54. The molecule has 146 valence electrons. The summed E-state index contributed by atoms with van der Waals surface area (Å²) in [6.07, 6.45) is 6.87. The van der Waals surface area contributed by atoms with Gasteiger partial charge in [-0.1, -0.05) is 46.5 Å². The van der Waals surface area contributed by atoms with E-state index < -0.39 is 0 Å². The van der Waals surface area contributed by atoms with E-state index in [0.29, 0.717) is 18.8 Å². The van der Waals surface area contributed by atoms with Crippen molar-refractivity contribution in [3.8, 4) is 0 Å². The van der Waals surface area contributed by atoms with Gasteiger partial charge in [-0.2, -0.15) is 0 Å². The Labute approximate surface area is 153 Å². The number of ether oxygens (including phenoxy) is 1. The molecule has 0 aromatic carbocycles. The molecule has 2 atom stereocenters. The molecule has 5 heteroatoms. The number of hydrogen-bond acceptors (Lipinski definition) is 3. The molecule has 25 heavy (non-hydrogen) atoms. The molecule has 0 radical (unpaired) electrons. The maximum absolute atomic E-state index is 12.4. The van der Waals surface area contributed by atoms with E-state index in [9.17, 15) is 9.59 Å². The average Bonchev–Trinajstić information content (AvgIpc) is 2.95. The monoisotopic (exact) mass is 354 g/mol. The lowest BCUT2D eigenvalue weighted by atomic mass is 9.88. The first kappa shape index (κ1) is 21.8. The van der Waals surface area contributed by atoms with Crippen molar-refractivity contribution in [1.29, 1.82) is 0 Å². The SMILES string of the molecule is CC(C)OC(=O)CC[C@H](CC1CCCC1)NC(=O)NC(C)C(C)(C)C. The fourth-order valence-corrected chi connectivity index (χ4v) is 3.15. The first-order valence-electron chi connectivity index (χ1n) is 9.84. The van der Waals surface area contributed by atoms with Crippen LogP contribution in [0, 0.1) is 11.3 Å². The highest BCUT2D eigenvalue weighted by Crippen LogP contribution is 2.29. The number of rotatable bonds is 8. The topological polar surface area (TPSA) is 67.4 Å². The van der Waals surface area contributed by atoms with Gasteiger partial charge in [-0.3, -0.25) is 4.79 Å². The third kappa shape index (κ3) is 9.13. The van der Waals surface area contributed by atoms with E-state index in [-0.39, 0.29) is 35.6 Å². The molecule has 0 aromatic rings. The molecule has 1 aliphatic carbocycles. The number of esters is 1. The van der Waals surface area contributed by atoms with E-state index in [1.165, 1.54) is 25.7 Å². The highest BCUT2D eigenvalue weighted by molar-refractivity contribution is 5.75. The maximum atomic E-state index is 12.4. The van der Waals surface area contributed by atoms with Crippen molar-refractivity contribution in [2.24, 2.45) is 11.3 Å². The highest BCUT2D eigenvalue weighted by Gasteiger charge is 2.25. The molecule has 1 fully saturated rings. The van der Waals surface area contributed by atoms with Gasteiger partial charge < -0.3 is 15.4 Å². The van der Waals surface area contributed by atoms with E-state index in [0.717, 1.165) is 6.42 Å². The number of nitrogens with one attached hydrogen (secondary N) is 2. The molecule has 0 heterocycles. The second-order valence-corrected chi connectivity index (χ2v) is 8.87. The number of hydrogen-bond donors (Lipinski definition) is 2. The van der Waals surface area contributed by atoms with Gasteiger partial charge in [0.25, 0.3) is 0 Å². The van der Waals surface area contributed by atoms with Crippen LogP contribution in [0.1, 0.15) is 86.5 Å². The molecule has 1 unspecified atom stereocenters. The van der Waals surface area contributed by atoms with Crippen LogP contribution in [-0.4, -0.2) is 30.2 Å². The van der Waals surface area contributed by atoms with E-state index in [2.05, 4.69) is 31.4 Å². The predicted molar refractivity (Wildman–Crippen MR) is 101 cm³/mol. The highest BCUT2D eigenvalue weighted by atomic mass is 16.5. The van der Waals surface area contributed by atoms with Crippen molar-refractivity contribution in [3.63, 3.8) is 0 Å². The van der Waals surface area contributed by atoms with Crippen LogP contribution >= 0.6 is 0 Å². The van der Waals surface area contributed by atoms with Crippen LogP contribution in [0.25, 0.3) is 0 Å². The molecule has 0 spiro atoms. The van der Waals surface area contributed by atoms with Crippen LogP contribution in [0.4, 0.5) is 4.79 Å². The molecular weight excluding hydrogens is 316 g/mol. The molecule has 1 rings (SSSR count). The normalized spacial score (nSPS) is 18.0. The first-order chi connectivity index (χ1) is 11.6. The quantitative estimate of drug-likeness (QED) is 0.635. The number of amides is 2. The van der Waals surface area contributed by atoms with Gasteiger partial charge in [-0.05, 0) is 44.9 Å². The number of urea groups is 1. The fourth-order valence-electron chi connectivity index (χ4n) is 3.15. The Morgan fingerprint density at radius 3 is 2.20 bits per heavy atom. The predicted octanol–water partition coefficient (Wildman–Crippen LogP) is 4.40. The minimum absolute atomic E-state index is 0.0133. The molecule has 0 aliphatic heterocycles. The van der Waals surface area contributed by atoms with Crippen molar-refractivity contribution in [2.75, 3.05) is 0 Å². The molecule has 0 bridgehead atoms. The Hall–Kier alpha value is -1.26. The minimum atomic E-state index is -0.184. The lowest BCUT2D eigenvalue weighted by molar-refractivity contribution is -0.147. The second kappa shape index (κ2) is 10.0. The van der Waals surface area contributed by atoms with Gasteiger partial charge in [-0.15, -0.1) is 0 Å². The van der Waals surface area contributed by atoms with Gasteiger partial charge in [0, 0.05) is 18.5 Å². The second-order valence-electron chi connectivity index (χ2n) is 8.87. The van der Waals surface area contributed by atoms with E-state index in [1.807, 2.05) is 20.8 Å². The molecule has 0 aromatic heterocycles. The van der Waals surface area contributed by atoms with Gasteiger partial charge >= 0.3 is 12.0 Å². The molecule has 5 nitrogen and oxygen atoms in total. The van der Waals surface area contributed by atoms with Gasteiger partial charge in [0.1, 0.15) is 0 Å². The summed E-state index contributed by atoms with van der Waals surface area (Å²) in [5.74, 6) is 0.475. The largest absolute Gasteiger partial charge is 0.463 e. The van der Waals surface area contributed by atoms with Crippen molar-refractivity contribution < 1.29 is 14.3 Å². The van der Waals surface area contributed by atoms with Crippen LogP contribution in [0.5, 0.6) is 0 Å². The molecule has 2 N–H and O–H groups in total. The number of carbonyl (C=O) groups excluding carboxylic acids is 2. The summed E-state index contributed by atoms with van der Waals surface area (Å²) in [7, 11) is 0. The summed E-state index contributed by atoms with van der Waals surface area (Å²) < 4.78 is 5.22. The summed E-state index contributed by atoms with van der Waals surface area (Å²) >= 11 is 0. The lowest BCUT2D eigenvalue weighted by Gasteiger charge is -2.29. The smallest absolute Gasteiger partial charge is 0.315 e. The van der Waals surface area contributed by atoms with Crippen molar-refractivity contribution in [2.45, 2.75) is 105 Å². The third-order valence-electron chi connectivity index (χ3n) is 5.14. The van der Waals surface area contributed by atoms with Crippen molar-refractivity contribution in [1.82, 2.24) is 10.6 Å². The summed E-state index contributed by atoms with van der Waals surface area (Å²) in [6.45, 7) is 12.0. The van der Waals surface area contributed by atoms with Crippen molar-refractivity contribution >= 4 is 12.0 Å². The zero-order chi connectivity index (χ0) is 19.0. The van der Waals surface area contributed by atoms with Gasteiger partial charge in [0.05, 0.1) is 6.10 Å². The summed E-state index contributed by atoms with van der Waals surface area (Å²) in [5.41, 5.74) is 0.0133. The van der Waals surface area contributed by atoms with E-state index in [1.54, 1.807) is 0 Å². The first-order valence-corrected chi connectivity index (χ1v) is 9.84. The zero-order valence-electron chi connectivity index (χ0n) is 17.0. The van der Waals surface area contributed by atoms with Gasteiger partial charge in [0.15, 0.2) is 0 Å². The van der Waals surface area contributed by atoms with E-state index in [4.69, 9.17) is 4.74 Å². The Bertz CT molecular complexity index is 423. The van der Waals surface area contributed by atoms with Crippen LogP contribution in [0.2, 0.25) is 0 Å². The molecule has 2 amide bonds. The summed E-state index contributed by atoms with van der Waals surface area (Å²) in [4.78, 5) is 24.2. The van der Waals surface area contributed by atoms with Crippen LogP contribution in [-0.2, 0) is 9.53 Å². The molecule has 0 saturated heterocycles. The summed E-state index contributed by atoms with van der Waals surface area (Å²) in [5, 5.41) is 6.13. The molecule has 1 aliphatic rings. The lowest BCUT2D eigenvalue weighted by Crippen LogP contribution is -2.49. The standard InChI is InChI=1S/C20H38N2O3/c1-14(2)25-18(23)12-11-17(13-16-9-7-8-10-16)22-19(24)21-15(3)20(4,5)6/h14-17H,7-13H2,1-6H3,(H2,21,22,24)/t15?,17-/m1/s1. The minimum Gasteiger partial charge on any atom is -0.463 e. The third-order valence-corrected chi connectivity index (χ3v) is 5.14. The van der Waals surface area contributed by atoms with Crippen molar-refractivity contribution in [3.05, 3.63) is 0 Å².